The number of nitrogen functional groups attached to an aromatic ring is 1. The number of halogens is 1. The number of carbonyl (C=O) groups is 1. The Morgan fingerprint density at radius 3 is 3.17 bits per heavy atom. The molecule has 0 radical (unpaired) electrons. The summed E-state index contributed by atoms with van der Waals surface area (Å²) in [6.45, 7) is 1.91. The van der Waals surface area contributed by atoms with Crippen molar-refractivity contribution in [2.24, 2.45) is 0 Å². The molecule has 0 spiro atoms. The van der Waals surface area contributed by atoms with Crippen molar-refractivity contribution in [3.8, 4) is 0 Å². The topological polar surface area (TPSA) is 106 Å². The maximum absolute atomic E-state index is 13.4. The fourth-order valence-electron chi connectivity index (χ4n) is 1.87. The highest BCUT2D eigenvalue weighted by Crippen LogP contribution is 2.31. The zero-order valence-corrected chi connectivity index (χ0v) is 13.4. The monoisotopic (exact) mass is 347 g/mol. The number of ether oxygens (including phenoxy) is 3. The molecular formula is C13H18FN3O5S. The average Bonchev–Trinajstić information content (AvgIpc) is 2.96. The lowest BCUT2D eigenvalue weighted by atomic mass is 10.3. The van der Waals surface area contributed by atoms with Gasteiger partial charge >= 0.3 is 11.7 Å². The van der Waals surface area contributed by atoms with E-state index in [1.54, 1.807) is 0 Å². The Hall–Kier alpha value is -1.65. The molecule has 10 heteroatoms. The van der Waals surface area contributed by atoms with Gasteiger partial charge in [0.2, 0.25) is 0 Å². The summed E-state index contributed by atoms with van der Waals surface area (Å²) in [5.74, 6) is -1.10. The molecule has 1 fully saturated rings. The van der Waals surface area contributed by atoms with Crippen LogP contribution in [0.25, 0.3) is 0 Å². The molecule has 0 unspecified atom stereocenters. The molecule has 0 aromatic carbocycles. The van der Waals surface area contributed by atoms with Crippen LogP contribution in [-0.2, 0) is 19.0 Å². The van der Waals surface area contributed by atoms with Crippen LogP contribution in [0.1, 0.15) is 26.0 Å². The van der Waals surface area contributed by atoms with Gasteiger partial charge in [-0.2, -0.15) is 4.98 Å². The summed E-state index contributed by atoms with van der Waals surface area (Å²) >= 11 is 1.40. The molecule has 1 saturated heterocycles. The first-order valence-corrected chi connectivity index (χ1v) is 8.10. The van der Waals surface area contributed by atoms with E-state index < -0.39 is 23.6 Å². The molecule has 23 heavy (non-hydrogen) atoms. The second-order valence-electron chi connectivity index (χ2n) is 4.77. The normalized spacial score (nSPS) is 20.6. The smallest absolute Gasteiger partial charge is 0.351 e. The number of anilines is 1. The van der Waals surface area contributed by atoms with E-state index in [-0.39, 0.29) is 24.8 Å². The maximum atomic E-state index is 13.4. The third-order valence-electron chi connectivity index (χ3n) is 2.99. The van der Waals surface area contributed by atoms with Gasteiger partial charge < -0.3 is 19.9 Å². The lowest BCUT2D eigenvalue weighted by Crippen LogP contribution is -2.30. The molecular weight excluding hydrogens is 329 g/mol. The van der Waals surface area contributed by atoms with Crippen LogP contribution in [0.4, 0.5) is 10.2 Å². The number of aromatic nitrogens is 2. The van der Waals surface area contributed by atoms with E-state index in [0.717, 1.165) is 10.8 Å². The van der Waals surface area contributed by atoms with E-state index in [1.807, 2.05) is 6.92 Å². The Kier molecular flexibility index (Phi) is 6.37. The molecule has 2 heterocycles. The second-order valence-corrected chi connectivity index (χ2v) is 5.96. The van der Waals surface area contributed by atoms with E-state index in [9.17, 15) is 14.0 Å². The minimum atomic E-state index is -0.777. The molecule has 2 rings (SSSR count). The molecule has 2 atom stereocenters. The predicted molar refractivity (Wildman–Crippen MR) is 81.1 cm³/mol. The van der Waals surface area contributed by atoms with Crippen LogP contribution in [0, 0.1) is 5.82 Å². The number of thioether (sulfide) groups is 1. The molecule has 1 aliphatic rings. The molecule has 0 aliphatic carbocycles. The highest BCUT2D eigenvalue weighted by atomic mass is 32.2. The van der Waals surface area contributed by atoms with Crippen LogP contribution in [0.2, 0.25) is 0 Å². The van der Waals surface area contributed by atoms with E-state index >= 15 is 0 Å². The maximum Gasteiger partial charge on any atom is 0.351 e. The van der Waals surface area contributed by atoms with Crippen molar-refractivity contribution in [1.29, 1.82) is 0 Å². The summed E-state index contributed by atoms with van der Waals surface area (Å²) in [6, 6.07) is 0. The van der Waals surface area contributed by atoms with Crippen LogP contribution in [0.3, 0.4) is 0 Å². The Labute approximate surface area is 136 Å². The Bertz CT molecular complexity index is 612. The van der Waals surface area contributed by atoms with Crippen LogP contribution < -0.4 is 11.4 Å². The SMILES string of the molecule is CCCC(=O)OCOC[C@H]1O[C@@H](n2cc(F)c(N)nc2=O)CS1. The van der Waals surface area contributed by atoms with Crippen molar-refractivity contribution in [2.75, 3.05) is 24.9 Å². The van der Waals surface area contributed by atoms with Gasteiger partial charge in [0.15, 0.2) is 18.4 Å². The highest BCUT2D eigenvalue weighted by molar-refractivity contribution is 8.00. The van der Waals surface area contributed by atoms with Gasteiger partial charge in [-0.15, -0.1) is 11.8 Å². The fraction of sp³-hybridized carbons (Fsp3) is 0.615. The first kappa shape index (κ1) is 17.7. The summed E-state index contributed by atoms with van der Waals surface area (Å²) in [7, 11) is 0. The van der Waals surface area contributed by atoms with E-state index in [2.05, 4.69) is 4.98 Å². The summed E-state index contributed by atoms with van der Waals surface area (Å²) in [5, 5.41) is 0. The van der Waals surface area contributed by atoms with Crippen molar-refractivity contribution in [2.45, 2.75) is 31.4 Å². The molecule has 1 aliphatic heterocycles. The average molecular weight is 347 g/mol. The van der Waals surface area contributed by atoms with E-state index in [0.29, 0.717) is 18.6 Å². The van der Waals surface area contributed by atoms with Gasteiger partial charge in [-0.3, -0.25) is 9.36 Å². The van der Waals surface area contributed by atoms with Gasteiger partial charge in [0.05, 0.1) is 12.8 Å². The largest absolute Gasteiger partial charge is 0.438 e. The van der Waals surface area contributed by atoms with Crippen molar-refractivity contribution >= 4 is 23.5 Å². The zero-order chi connectivity index (χ0) is 16.8. The highest BCUT2D eigenvalue weighted by Gasteiger charge is 2.28. The van der Waals surface area contributed by atoms with Gasteiger partial charge in [0.1, 0.15) is 11.7 Å². The number of hydrogen-bond acceptors (Lipinski definition) is 8. The number of esters is 1. The van der Waals surface area contributed by atoms with Crippen LogP contribution in [0.5, 0.6) is 0 Å². The third kappa shape index (κ3) is 4.91. The Morgan fingerprint density at radius 2 is 2.43 bits per heavy atom. The number of rotatable bonds is 7. The van der Waals surface area contributed by atoms with E-state index in [1.165, 1.54) is 11.8 Å². The Balaban J connectivity index is 1.79. The number of nitrogens with two attached hydrogens (primary N) is 1. The fourth-order valence-corrected chi connectivity index (χ4v) is 2.89. The summed E-state index contributed by atoms with van der Waals surface area (Å²) in [5.41, 5.74) is 4.21. The van der Waals surface area contributed by atoms with Gasteiger partial charge in [-0.25, -0.2) is 9.18 Å². The molecule has 1 aromatic rings. The number of hydrogen-bond donors (Lipinski definition) is 1. The standard InChI is InChI=1S/C13H18FN3O5S/c1-2-3-10(18)21-7-20-5-11-22-9(6-23-11)17-4-8(14)12(15)16-13(17)19/h4,9,11H,2-3,5-7H2,1H3,(H2,15,16,19)/t9-,11+/m1/s1. The zero-order valence-electron chi connectivity index (χ0n) is 12.6. The second kappa shape index (κ2) is 8.27. The summed E-state index contributed by atoms with van der Waals surface area (Å²) in [4.78, 5) is 26.2. The molecule has 1 aromatic heterocycles. The van der Waals surface area contributed by atoms with Crippen molar-refractivity contribution in [3.05, 3.63) is 22.5 Å². The van der Waals surface area contributed by atoms with Gasteiger partial charge in [-0.1, -0.05) is 6.92 Å². The first-order chi connectivity index (χ1) is 11.0. The lowest BCUT2D eigenvalue weighted by Gasteiger charge is -2.15. The van der Waals surface area contributed by atoms with Crippen molar-refractivity contribution in [3.63, 3.8) is 0 Å². The van der Waals surface area contributed by atoms with Crippen molar-refractivity contribution in [1.82, 2.24) is 9.55 Å². The molecule has 0 saturated carbocycles. The lowest BCUT2D eigenvalue weighted by molar-refractivity contribution is -0.158. The van der Waals surface area contributed by atoms with Gasteiger partial charge in [0.25, 0.3) is 0 Å². The number of nitrogens with zero attached hydrogens (tertiary/aromatic N) is 2. The van der Waals surface area contributed by atoms with E-state index in [4.69, 9.17) is 19.9 Å². The molecule has 0 amide bonds. The third-order valence-corrected chi connectivity index (χ3v) is 4.09. The van der Waals surface area contributed by atoms with Gasteiger partial charge in [0, 0.05) is 12.2 Å². The quantitative estimate of drug-likeness (QED) is 0.440. The van der Waals surface area contributed by atoms with Crippen LogP contribution >= 0.6 is 11.8 Å². The van der Waals surface area contributed by atoms with Crippen molar-refractivity contribution < 1.29 is 23.4 Å². The Morgan fingerprint density at radius 1 is 1.65 bits per heavy atom. The minimum Gasteiger partial charge on any atom is -0.438 e. The van der Waals surface area contributed by atoms with Crippen LogP contribution in [-0.4, -0.2) is 40.1 Å². The predicted octanol–water partition coefficient (Wildman–Crippen LogP) is 0.870. The minimum absolute atomic E-state index is 0.151. The van der Waals surface area contributed by atoms with Crippen LogP contribution in [0.15, 0.2) is 11.0 Å². The summed E-state index contributed by atoms with van der Waals surface area (Å²) in [6.07, 6.45) is 1.39. The molecule has 0 bridgehead atoms. The molecule has 2 N–H and O–H groups in total. The first-order valence-electron chi connectivity index (χ1n) is 7.05. The summed E-state index contributed by atoms with van der Waals surface area (Å²) < 4.78 is 30.1. The van der Waals surface area contributed by atoms with Gasteiger partial charge in [-0.05, 0) is 6.42 Å². The molecule has 8 nitrogen and oxygen atoms in total. The molecule has 128 valence electrons. The number of carbonyl (C=O) groups excluding carboxylic acids is 1.